The van der Waals surface area contributed by atoms with E-state index in [0.29, 0.717) is 51.5 Å². The number of sulfonamides is 1. The molecule has 1 saturated heterocycles. The summed E-state index contributed by atoms with van der Waals surface area (Å²) in [6, 6.07) is 12.7. The highest BCUT2D eigenvalue weighted by molar-refractivity contribution is 7.89. The van der Waals surface area contributed by atoms with Gasteiger partial charge in [-0.15, -0.1) is 0 Å². The molecule has 3 aromatic rings. The minimum Gasteiger partial charge on any atom is -0.497 e. The lowest BCUT2D eigenvalue weighted by atomic mass is 10.1. The van der Waals surface area contributed by atoms with Gasteiger partial charge in [-0.3, -0.25) is 0 Å². The molecule has 10 heteroatoms. The van der Waals surface area contributed by atoms with E-state index >= 15 is 0 Å². The van der Waals surface area contributed by atoms with E-state index in [1.54, 1.807) is 7.11 Å². The van der Waals surface area contributed by atoms with Crippen molar-refractivity contribution in [2.45, 2.75) is 24.3 Å². The number of fused-ring (bicyclic) bond motifs is 1. The Bertz CT molecular complexity index is 1310. The fraction of sp³-hybridized carbons (Fsp3) is 0.360. The summed E-state index contributed by atoms with van der Waals surface area (Å²) in [6.45, 7) is 2.98. The van der Waals surface area contributed by atoms with Crippen LogP contribution in [0.25, 0.3) is 0 Å². The van der Waals surface area contributed by atoms with Gasteiger partial charge >= 0.3 is 0 Å². The van der Waals surface area contributed by atoms with Crippen molar-refractivity contribution in [3.63, 3.8) is 0 Å². The number of morpholine rings is 1. The molecule has 2 aromatic carbocycles. The normalized spacial score (nSPS) is 16.7. The molecule has 0 saturated carbocycles. The van der Waals surface area contributed by atoms with Crippen LogP contribution in [0, 0.1) is 5.82 Å². The zero-order valence-electron chi connectivity index (χ0n) is 19.5. The second-order valence-corrected chi connectivity index (χ2v) is 10.5. The number of halogens is 1. The predicted molar refractivity (Wildman–Crippen MR) is 129 cm³/mol. The zero-order valence-corrected chi connectivity index (χ0v) is 20.3. The third kappa shape index (κ3) is 5.00. The fourth-order valence-electron chi connectivity index (χ4n) is 4.46. The van der Waals surface area contributed by atoms with Crippen LogP contribution in [0.15, 0.2) is 53.4 Å². The summed E-state index contributed by atoms with van der Waals surface area (Å²) in [6.07, 6.45) is 1.01. The molecule has 1 fully saturated rings. The number of hydrogen-bond donors (Lipinski definition) is 0. The second-order valence-electron chi connectivity index (χ2n) is 8.56. The Balaban J connectivity index is 1.49. The predicted octanol–water partition coefficient (Wildman–Crippen LogP) is 2.80. The van der Waals surface area contributed by atoms with E-state index in [1.165, 1.54) is 16.4 Å². The average Bonchev–Trinajstić information content (AvgIpc) is 2.89. The number of nitrogens with zero attached hydrogens (tertiary/aromatic N) is 4. The maximum atomic E-state index is 13.4. The summed E-state index contributed by atoms with van der Waals surface area (Å²) in [7, 11) is -2.15. The average molecular weight is 499 g/mol. The van der Waals surface area contributed by atoms with Crippen molar-refractivity contribution in [1.29, 1.82) is 0 Å². The molecule has 0 spiro atoms. The summed E-state index contributed by atoms with van der Waals surface area (Å²) in [4.78, 5) is 12.0. The molecule has 2 aliphatic heterocycles. The van der Waals surface area contributed by atoms with Crippen LogP contribution in [-0.4, -0.2) is 62.6 Å². The second kappa shape index (κ2) is 9.88. The van der Waals surface area contributed by atoms with Crippen LogP contribution in [0.5, 0.6) is 5.75 Å². The van der Waals surface area contributed by atoms with E-state index in [9.17, 15) is 12.8 Å². The Labute approximate surface area is 204 Å². The summed E-state index contributed by atoms with van der Waals surface area (Å²) in [5, 5.41) is 0. The summed E-state index contributed by atoms with van der Waals surface area (Å²) in [5.74, 6) is 1.75. The Kier molecular flexibility index (Phi) is 6.68. The van der Waals surface area contributed by atoms with Gasteiger partial charge in [-0.1, -0.05) is 12.1 Å². The first kappa shape index (κ1) is 23.7. The summed E-state index contributed by atoms with van der Waals surface area (Å²) >= 11 is 0. The number of rotatable bonds is 6. The molecule has 3 heterocycles. The Morgan fingerprint density at radius 1 is 1.06 bits per heavy atom. The number of ether oxygens (including phenoxy) is 2. The minimum absolute atomic E-state index is 0.0748. The van der Waals surface area contributed by atoms with Gasteiger partial charge in [-0.2, -0.15) is 4.31 Å². The van der Waals surface area contributed by atoms with Gasteiger partial charge in [0.05, 0.1) is 30.9 Å². The van der Waals surface area contributed by atoms with Gasteiger partial charge in [0, 0.05) is 44.6 Å². The highest BCUT2D eigenvalue weighted by atomic mass is 32.2. The van der Waals surface area contributed by atoms with Crippen molar-refractivity contribution in [1.82, 2.24) is 14.3 Å². The van der Waals surface area contributed by atoms with Crippen molar-refractivity contribution in [3.8, 4) is 5.75 Å². The van der Waals surface area contributed by atoms with Gasteiger partial charge in [0.2, 0.25) is 10.0 Å². The van der Waals surface area contributed by atoms with Crippen LogP contribution in [0.4, 0.5) is 10.2 Å². The van der Waals surface area contributed by atoms with Crippen LogP contribution in [0.3, 0.4) is 0 Å². The largest absolute Gasteiger partial charge is 0.497 e. The first-order valence-electron chi connectivity index (χ1n) is 11.5. The molecule has 0 radical (unpaired) electrons. The number of aromatic nitrogens is 2. The van der Waals surface area contributed by atoms with Crippen LogP contribution in [0.1, 0.15) is 22.6 Å². The van der Waals surface area contributed by atoms with Gasteiger partial charge < -0.3 is 14.4 Å². The molecule has 5 rings (SSSR count). The topological polar surface area (TPSA) is 84.9 Å². The zero-order chi connectivity index (χ0) is 24.4. The standard InChI is InChI=1S/C25H27FN4O4S/c1-33-20-4-2-3-18(15-20)16-24-27-23-9-10-30(35(31,32)21-7-5-19(26)6-8-21)17-22(23)25(28-24)29-11-13-34-14-12-29/h2-8,15H,9-14,16-17H2,1H3. The van der Waals surface area contributed by atoms with Crippen LogP contribution >= 0.6 is 0 Å². The van der Waals surface area contributed by atoms with E-state index < -0.39 is 15.8 Å². The SMILES string of the molecule is COc1cccc(Cc2nc3c(c(N4CCOCC4)n2)CN(S(=O)(=O)c2ccc(F)cc2)CC3)c1. The van der Waals surface area contributed by atoms with Crippen LogP contribution in [-0.2, 0) is 34.1 Å². The number of hydrogen-bond acceptors (Lipinski definition) is 7. The van der Waals surface area contributed by atoms with Crippen molar-refractivity contribution < 1.29 is 22.3 Å². The van der Waals surface area contributed by atoms with Gasteiger partial charge in [0.1, 0.15) is 23.2 Å². The minimum atomic E-state index is -3.78. The highest BCUT2D eigenvalue weighted by Crippen LogP contribution is 2.31. The molecule has 1 aromatic heterocycles. The molecule has 8 nitrogen and oxygen atoms in total. The molecular weight excluding hydrogens is 471 g/mol. The van der Waals surface area contributed by atoms with E-state index in [0.717, 1.165) is 40.5 Å². The van der Waals surface area contributed by atoms with E-state index in [1.807, 2.05) is 24.3 Å². The molecule has 0 unspecified atom stereocenters. The van der Waals surface area contributed by atoms with E-state index in [-0.39, 0.29) is 11.4 Å². The van der Waals surface area contributed by atoms with Crippen molar-refractivity contribution >= 4 is 15.8 Å². The summed E-state index contributed by atoms with van der Waals surface area (Å²) in [5.41, 5.74) is 2.72. The van der Waals surface area contributed by atoms with Crippen molar-refractivity contribution in [3.05, 3.63) is 77.0 Å². The first-order valence-corrected chi connectivity index (χ1v) is 13.0. The molecule has 0 atom stereocenters. The Morgan fingerprint density at radius 2 is 1.83 bits per heavy atom. The monoisotopic (exact) mass is 498 g/mol. The molecule has 0 aliphatic carbocycles. The van der Waals surface area contributed by atoms with Gasteiger partial charge in [-0.25, -0.2) is 22.8 Å². The van der Waals surface area contributed by atoms with E-state index in [4.69, 9.17) is 19.4 Å². The molecule has 184 valence electrons. The molecule has 35 heavy (non-hydrogen) atoms. The van der Waals surface area contributed by atoms with Gasteiger partial charge in [0.25, 0.3) is 0 Å². The van der Waals surface area contributed by atoms with Gasteiger partial charge in [0.15, 0.2) is 0 Å². The van der Waals surface area contributed by atoms with E-state index in [2.05, 4.69) is 4.90 Å². The van der Waals surface area contributed by atoms with Gasteiger partial charge in [-0.05, 0) is 42.0 Å². The molecule has 2 aliphatic rings. The number of methoxy groups -OCH3 is 1. The molecule has 0 bridgehead atoms. The molecular formula is C25H27FN4O4S. The number of anilines is 1. The number of benzene rings is 2. The Hall–Kier alpha value is -3.08. The third-order valence-corrected chi connectivity index (χ3v) is 8.17. The maximum absolute atomic E-state index is 13.4. The van der Waals surface area contributed by atoms with Crippen molar-refractivity contribution in [2.24, 2.45) is 0 Å². The quantitative estimate of drug-likeness (QED) is 0.517. The van der Waals surface area contributed by atoms with Crippen LogP contribution in [0.2, 0.25) is 0 Å². The highest BCUT2D eigenvalue weighted by Gasteiger charge is 2.32. The van der Waals surface area contributed by atoms with Crippen molar-refractivity contribution in [2.75, 3.05) is 44.9 Å². The van der Waals surface area contributed by atoms with Crippen LogP contribution < -0.4 is 9.64 Å². The smallest absolute Gasteiger partial charge is 0.243 e. The first-order chi connectivity index (χ1) is 16.9. The lowest BCUT2D eigenvalue weighted by Crippen LogP contribution is -2.41. The molecule has 0 amide bonds. The summed E-state index contributed by atoms with van der Waals surface area (Å²) < 4.78 is 52.2. The fourth-order valence-corrected chi connectivity index (χ4v) is 5.87. The Morgan fingerprint density at radius 3 is 2.57 bits per heavy atom. The maximum Gasteiger partial charge on any atom is 0.243 e. The molecule has 0 N–H and O–H groups in total. The third-order valence-electron chi connectivity index (χ3n) is 6.31. The lowest BCUT2D eigenvalue weighted by molar-refractivity contribution is 0.122. The lowest BCUT2D eigenvalue weighted by Gasteiger charge is -2.34.